The number of rotatable bonds is 21. The van der Waals surface area contributed by atoms with Crippen LogP contribution in [0.2, 0.25) is 0 Å². The van der Waals surface area contributed by atoms with Gasteiger partial charge in [-0.25, -0.2) is 0 Å². The molecular weight excluding hydrogens is 568 g/mol. The minimum atomic E-state index is -2.22. The summed E-state index contributed by atoms with van der Waals surface area (Å²) < 4.78 is 15.4. The molecule has 1 unspecified atom stereocenters. The summed E-state index contributed by atoms with van der Waals surface area (Å²) in [6, 6.07) is 0. The number of ether oxygens (including phenoxy) is 3. The van der Waals surface area contributed by atoms with Gasteiger partial charge in [-0.05, 0) is 6.42 Å². The van der Waals surface area contributed by atoms with Crippen LogP contribution in [-0.4, -0.2) is 127 Å². The molecule has 0 radical (unpaired) electrons. The molecule has 0 bridgehead atoms. The molecule has 2 saturated heterocycles. The highest BCUT2D eigenvalue weighted by Crippen LogP contribution is 2.35. The van der Waals surface area contributed by atoms with E-state index in [1.165, 1.54) is 83.5 Å². The molecule has 0 spiro atoms. The molecule has 0 saturated carbocycles. The third kappa shape index (κ3) is 13.9. The molecule has 43 heavy (non-hydrogen) atoms. The smallest absolute Gasteiger partial charge is 0.303 e. The molecule has 0 aromatic rings. The predicted octanol–water partition coefficient (Wildman–Crippen LogP) is 0.937. The van der Waals surface area contributed by atoms with Crippen LogP contribution in [-0.2, 0) is 19.0 Å². The van der Waals surface area contributed by atoms with E-state index in [-0.39, 0.29) is 0 Å². The highest BCUT2D eigenvalue weighted by Gasteiger charge is 2.58. The lowest BCUT2D eigenvalue weighted by Crippen LogP contribution is -2.62. The first-order chi connectivity index (χ1) is 20.6. The lowest BCUT2D eigenvalue weighted by Gasteiger charge is -2.43. The molecule has 2 aliphatic heterocycles. The molecule has 2 heterocycles. The third-order valence-electron chi connectivity index (χ3n) is 8.06. The van der Waals surface area contributed by atoms with E-state index in [0.29, 0.717) is 6.42 Å². The number of unbranched alkanes of at least 4 members (excludes halogenated alkanes) is 14. The number of aliphatic carboxylic acids is 1. The normalized spacial score (nSPS) is 32.4. The molecule has 0 aromatic heterocycles. The SMILES string of the molecule is CCCCCCCCCCCCCCCCCC(=O)O.OC[C@H]1OC(CO)(O[C@H]2O[C@H](CO)[C@@H](O)[C@H](O)[C@H]2O)[C@@H](O)[C@@H]1O. The van der Waals surface area contributed by atoms with Gasteiger partial charge >= 0.3 is 5.97 Å². The van der Waals surface area contributed by atoms with Gasteiger partial charge in [0.1, 0.15) is 49.3 Å². The Hall–Kier alpha value is -0.970. The van der Waals surface area contributed by atoms with Gasteiger partial charge in [0.25, 0.3) is 0 Å². The van der Waals surface area contributed by atoms with Crippen LogP contribution in [0.25, 0.3) is 0 Å². The van der Waals surface area contributed by atoms with Crippen LogP contribution in [0.1, 0.15) is 110 Å². The topological polar surface area (TPSA) is 227 Å². The van der Waals surface area contributed by atoms with E-state index in [0.717, 1.165) is 12.8 Å². The van der Waals surface area contributed by atoms with Gasteiger partial charge < -0.3 is 60.2 Å². The van der Waals surface area contributed by atoms with Crippen molar-refractivity contribution in [3.8, 4) is 0 Å². The molecule has 0 aliphatic carbocycles. The van der Waals surface area contributed by atoms with Crippen LogP contribution in [0.3, 0.4) is 0 Å². The molecule has 9 N–H and O–H groups in total. The van der Waals surface area contributed by atoms with Crippen molar-refractivity contribution in [2.75, 3.05) is 19.8 Å². The average molecular weight is 627 g/mol. The van der Waals surface area contributed by atoms with E-state index in [9.17, 15) is 35.4 Å². The Labute approximate surface area is 255 Å². The van der Waals surface area contributed by atoms with Gasteiger partial charge in [0.2, 0.25) is 5.79 Å². The summed E-state index contributed by atoms with van der Waals surface area (Å²) in [5, 5.41) is 85.2. The Morgan fingerprint density at radius 1 is 0.651 bits per heavy atom. The fourth-order valence-corrected chi connectivity index (χ4v) is 5.28. The zero-order valence-electron chi connectivity index (χ0n) is 25.7. The fraction of sp³-hybridized carbons (Fsp3) is 0.967. The maximum Gasteiger partial charge on any atom is 0.303 e. The van der Waals surface area contributed by atoms with E-state index in [2.05, 4.69) is 6.92 Å². The second-order valence-electron chi connectivity index (χ2n) is 11.7. The summed E-state index contributed by atoms with van der Waals surface area (Å²) >= 11 is 0. The standard InChI is InChI=1S/C18H36O2.C12H22O11/c1-2-3-4-5-6-7-8-9-10-11-12-13-14-15-16-17-18(19)20;13-1-4-6(16)8(18)9(19)11(21-4)23-12(3-15)10(20)7(17)5(2-14)22-12/h2-17H2,1H3,(H,19,20);4-11,13-20H,1-3H2/t;4-,5-,6-,7-,8+,9-,10+,11-,12?/m.1/s1. The summed E-state index contributed by atoms with van der Waals surface area (Å²) in [5.74, 6) is -2.87. The van der Waals surface area contributed by atoms with Crippen LogP contribution >= 0.6 is 0 Å². The molecule has 9 atom stereocenters. The molecule has 13 heteroatoms. The van der Waals surface area contributed by atoms with Crippen molar-refractivity contribution >= 4 is 5.97 Å². The number of carboxylic acids is 1. The number of carboxylic acid groups (broad SMARTS) is 1. The molecule has 13 nitrogen and oxygen atoms in total. The Morgan fingerprint density at radius 3 is 1.51 bits per heavy atom. The first kappa shape index (κ1) is 40.1. The van der Waals surface area contributed by atoms with Gasteiger partial charge in [0.15, 0.2) is 6.29 Å². The molecule has 2 rings (SSSR count). The van der Waals surface area contributed by atoms with Crippen molar-refractivity contribution in [3.63, 3.8) is 0 Å². The predicted molar refractivity (Wildman–Crippen MR) is 156 cm³/mol. The van der Waals surface area contributed by atoms with Crippen LogP contribution in [0.15, 0.2) is 0 Å². The zero-order chi connectivity index (χ0) is 32.3. The van der Waals surface area contributed by atoms with Gasteiger partial charge in [0, 0.05) is 6.42 Å². The largest absolute Gasteiger partial charge is 0.481 e. The lowest BCUT2D eigenvalue weighted by molar-refractivity contribution is -0.383. The third-order valence-corrected chi connectivity index (χ3v) is 8.06. The molecule has 256 valence electrons. The van der Waals surface area contributed by atoms with E-state index >= 15 is 0 Å². The molecule has 2 fully saturated rings. The van der Waals surface area contributed by atoms with Crippen LogP contribution < -0.4 is 0 Å². The Balaban J connectivity index is 0.000000436. The number of hydrogen-bond acceptors (Lipinski definition) is 12. The van der Waals surface area contributed by atoms with Crippen molar-refractivity contribution in [3.05, 3.63) is 0 Å². The Morgan fingerprint density at radius 2 is 1.12 bits per heavy atom. The summed E-state index contributed by atoms with van der Waals surface area (Å²) in [7, 11) is 0. The first-order valence-electron chi connectivity index (χ1n) is 16.0. The minimum absolute atomic E-state index is 0.345. The number of aliphatic hydroxyl groups excluding tert-OH is 8. The Bertz CT molecular complexity index is 712. The highest BCUT2D eigenvalue weighted by molar-refractivity contribution is 5.66. The zero-order valence-corrected chi connectivity index (χ0v) is 25.7. The molecule has 2 aliphatic rings. The number of hydrogen-bond donors (Lipinski definition) is 9. The quantitative estimate of drug-likeness (QED) is 0.0809. The van der Waals surface area contributed by atoms with Gasteiger partial charge in [-0.15, -0.1) is 0 Å². The van der Waals surface area contributed by atoms with E-state index in [1.807, 2.05) is 0 Å². The van der Waals surface area contributed by atoms with Crippen LogP contribution in [0, 0.1) is 0 Å². The highest BCUT2D eigenvalue weighted by atomic mass is 16.8. The van der Waals surface area contributed by atoms with Crippen molar-refractivity contribution < 1.29 is 65.0 Å². The maximum absolute atomic E-state index is 10.3. The van der Waals surface area contributed by atoms with E-state index in [4.69, 9.17) is 29.5 Å². The van der Waals surface area contributed by atoms with E-state index < -0.39 is 80.6 Å². The minimum Gasteiger partial charge on any atom is -0.481 e. The summed E-state index contributed by atoms with van der Waals surface area (Å²) in [5.41, 5.74) is 0. The Kier molecular flexibility index (Phi) is 21.0. The summed E-state index contributed by atoms with van der Waals surface area (Å²) in [6.07, 6.45) is 7.55. The molecule has 0 amide bonds. The van der Waals surface area contributed by atoms with Crippen molar-refractivity contribution in [2.24, 2.45) is 0 Å². The number of aliphatic hydroxyl groups is 8. The summed E-state index contributed by atoms with van der Waals surface area (Å²) in [4.78, 5) is 10.3. The van der Waals surface area contributed by atoms with Gasteiger partial charge in [-0.1, -0.05) is 96.8 Å². The average Bonchev–Trinajstić information content (AvgIpc) is 3.24. The molecule has 0 aromatic carbocycles. The second-order valence-corrected chi connectivity index (χ2v) is 11.7. The van der Waals surface area contributed by atoms with Crippen LogP contribution in [0.5, 0.6) is 0 Å². The van der Waals surface area contributed by atoms with Gasteiger partial charge in [-0.2, -0.15) is 0 Å². The molecular formula is C30H58O13. The van der Waals surface area contributed by atoms with Gasteiger partial charge in [0.05, 0.1) is 13.2 Å². The monoisotopic (exact) mass is 626 g/mol. The summed E-state index contributed by atoms with van der Waals surface area (Å²) in [6.45, 7) is -0.0524. The first-order valence-corrected chi connectivity index (χ1v) is 16.0. The maximum atomic E-state index is 10.3. The number of carbonyl (C=O) groups is 1. The second kappa shape index (κ2) is 22.5. The lowest BCUT2D eigenvalue weighted by atomic mass is 9.99. The van der Waals surface area contributed by atoms with Crippen LogP contribution in [0.4, 0.5) is 0 Å². The van der Waals surface area contributed by atoms with Crippen molar-refractivity contribution in [1.82, 2.24) is 0 Å². The van der Waals surface area contributed by atoms with Crippen molar-refractivity contribution in [1.29, 1.82) is 0 Å². The fourth-order valence-electron chi connectivity index (χ4n) is 5.28. The van der Waals surface area contributed by atoms with Crippen molar-refractivity contribution in [2.45, 2.75) is 164 Å². The van der Waals surface area contributed by atoms with Gasteiger partial charge in [-0.3, -0.25) is 4.79 Å². The van der Waals surface area contributed by atoms with E-state index in [1.54, 1.807) is 0 Å².